The number of hydrogen-bond acceptors (Lipinski definition) is 5. The highest BCUT2D eigenvalue weighted by atomic mass is 16.5. The number of carbonyl (C=O) groups excluding carboxylic acids is 1. The van der Waals surface area contributed by atoms with Gasteiger partial charge in [0.2, 0.25) is 0 Å². The highest BCUT2D eigenvalue weighted by Gasteiger charge is 2.13. The molecule has 0 saturated carbocycles. The Labute approximate surface area is 161 Å². The van der Waals surface area contributed by atoms with Gasteiger partial charge in [-0.2, -0.15) is 0 Å². The summed E-state index contributed by atoms with van der Waals surface area (Å²) in [6.45, 7) is 6.85. The van der Waals surface area contributed by atoms with Gasteiger partial charge in [-0.15, -0.1) is 0 Å². The van der Waals surface area contributed by atoms with Crippen LogP contribution in [0.3, 0.4) is 0 Å². The number of carbonyl (C=O) groups is 1. The first-order valence-corrected chi connectivity index (χ1v) is 9.38. The number of nitrogens with zero attached hydrogens (tertiary/aromatic N) is 1. The molecule has 0 radical (unpaired) electrons. The van der Waals surface area contributed by atoms with Gasteiger partial charge in [-0.25, -0.2) is 0 Å². The van der Waals surface area contributed by atoms with Crippen LogP contribution >= 0.6 is 0 Å². The number of aliphatic hydroxyl groups excluding tert-OH is 1. The van der Waals surface area contributed by atoms with Crippen LogP contribution in [0.4, 0.5) is 0 Å². The summed E-state index contributed by atoms with van der Waals surface area (Å²) in [6.07, 6.45) is 3.16. The molecule has 0 aliphatic carbocycles. The van der Waals surface area contributed by atoms with E-state index in [0.29, 0.717) is 13.2 Å². The Morgan fingerprint density at radius 2 is 1.93 bits per heavy atom. The second-order valence-corrected chi connectivity index (χ2v) is 6.63. The van der Waals surface area contributed by atoms with Crippen molar-refractivity contribution in [2.75, 3.05) is 19.8 Å². The maximum atomic E-state index is 11.4. The summed E-state index contributed by atoms with van der Waals surface area (Å²) in [5.74, 6) is 0.512. The molecule has 2 aromatic rings. The fourth-order valence-corrected chi connectivity index (χ4v) is 2.75. The number of aliphatic hydroxyl groups is 1. The second kappa shape index (κ2) is 10.6. The van der Waals surface area contributed by atoms with Crippen molar-refractivity contribution in [1.82, 2.24) is 4.90 Å². The van der Waals surface area contributed by atoms with E-state index < -0.39 is 6.10 Å². The Hall–Kier alpha value is -2.53. The van der Waals surface area contributed by atoms with Gasteiger partial charge in [-0.3, -0.25) is 4.79 Å². The number of esters is 1. The van der Waals surface area contributed by atoms with Crippen molar-refractivity contribution in [1.29, 1.82) is 0 Å². The van der Waals surface area contributed by atoms with Crippen molar-refractivity contribution in [2.24, 2.45) is 0 Å². The standard InChI is InChI=1S/C22H29NO4/c1-4-26-22(25)13-8-14-23(17(2)3)15-19(24)16-27-21-12-7-10-18-9-5-6-11-20(18)21/h5-12,14,17,19,24H,4,13,15-16H2,1-3H3. The van der Waals surface area contributed by atoms with E-state index >= 15 is 0 Å². The molecule has 0 aliphatic heterocycles. The predicted octanol–water partition coefficient (Wildman–Crippen LogP) is 3.76. The summed E-state index contributed by atoms with van der Waals surface area (Å²) in [4.78, 5) is 13.4. The molecule has 1 unspecified atom stereocenters. The fraction of sp³-hybridized carbons (Fsp3) is 0.409. The summed E-state index contributed by atoms with van der Waals surface area (Å²) in [5.41, 5.74) is 0. The molecule has 0 saturated heterocycles. The third-order valence-electron chi connectivity index (χ3n) is 4.15. The monoisotopic (exact) mass is 371 g/mol. The predicted molar refractivity (Wildman–Crippen MR) is 108 cm³/mol. The van der Waals surface area contributed by atoms with E-state index in [1.807, 2.05) is 67.4 Å². The van der Waals surface area contributed by atoms with E-state index in [9.17, 15) is 9.90 Å². The van der Waals surface area contributed by atoms with Gasteiger partial charge >= 0.3 is 5.97 Å². The lowest BCUT2D eigenvalue weighted by Gasteiger charge is -2.27. The van der Waals surface area contributed by atoms with Crippen LogP contribution in [0.1, 0.15) is 27.2 Å². The normalized spacial score (nSPS) is 12.5. The number of ether oxygens (including phenoxy) is 2. The third kappa shape index (κ3) is 6.61. The molecule has 0 heterocycles. The van der Waals surface area contributed by atoms with Crippen LogP contribution < -0.4 is 4.74 Å². The van der Waals surface area contributed by atoms with Crippen LogP contribution in [0.2, 0.25) is 0 Å². The van der Waals surface area contributed by atoms with Crippen LogP contribution in [0, 0.1) is 0 Å². The molecule has 0 amide bonds. The number of fused-ring (bicyclic) bond motifs is 1. The van der Waals surface area contributed by atoms with Crippen LogP contribution in [0.25, 0.3) is 10.8 Å². The Balaban J connectivity index is 1.90. The first-order valence-electron chi connectivity index (χ1n) is 9.38. The van der Waals surface area contributed by atoms with Crippen LogP contribution in [0.5, 0.6) is 5.75 Å². The van der Waals surface area contributed by atoms with Gasteiger partial charge in [-0.05, 0) is 38.4 Å². The molecule has 1 N–H and O–H groups in total. The maximum Gasteiger partial charge on any atom is 0.309 e. The molecular weight excluding hydrogens is 342 g/mol. The third-order valence-corrected chi connectivity index (χ3v) is 4.15. The van der Waals surface area contributed by atoms with E-state index in [-0.39, 0.29) is 25.0 Å². The summed E-state index contributed by atoms with van der Waals surface area (Å²) in [5, 5.41) is 12.5. The minimum Gasteiger partial charge on any atom is -0.490 e. The zero-order chi connectivity index (χ0) is 19.6. The Kier molecular flexibility index (Phi) is 8.14. The van der Waals surface area contributed by atoms with Crippen LogP contribution in [-0.4, -0.2) is 47.9 Å². The topological polar surface area (TPSA) is 59.0 Å². The van der Waals surface area contributed by atoms with Crippen LogP contribution in [0.15, 0.2) is 54.7 Å². The molecule has 27 heavy (non-hydrogen) atoms. The number of benzene rings is 2. The van der Waals surface area contributed by atoms with Gasteiger partial charge in [-0.1, -0.05) is 42.5 Å². The molecule has 0 bridgehead atoms. The molecular formula is C22H29NO4. The van der Waals surface area contributed by atoms with Gasteiger partial charge < -0.3 is 19.5 Å². The highest BCUT2D eigenvalue weighted by molar-refractivity contribution is 5.88. The van der Waals surface area contributed by atoms with E-state index in [2.05, 4.69) is 0 Å². The molecule has 1 atom stereocenters. The van der Waals surface area contributed by atoms with Gasteiger partial charge in [0.05, 0.1) is 13.0 Å². The summed E-state index contributed by atoms with van der Waals surface area (Å²) in [7, 11) is 0. The molecule has 0 aliphatic rings. The lowest BCUT2D eigenvalue weighted by atomic mass is 10.1. The molecule has 0 aromatic heterocycles. The molecule has 2 rings (SSSR count). The maximum absolute atomic E-state index is 11.4. The van der Waals surface area contributed by atoms with E-state index in [4.69, 9.17) is 9.47 Å². The van der Waals surface area contributed by atoms with E-state index in [0.717, 1.165) is 16.5 Å². The Morgan fingerprint density at radius 3 is 2.67 bits per heavy atom. The summed E-state index contributed by atoms with van der Waals surface area (Å²) >= 11 is 0. The van der Waals surface area contributed by atoms with Crippen molar-refractivity contribution in [3.8, 4) is 5.75 Å². The SMILES string of the molecule is CCOC(=O)CC=CN(CC(O)COc1cccc2ccccc12)C(C)C. The van der Waals surface area contributed by atoms with Gasteiger partial charge in [0.1, 0.15) is 18.5 Å². The lowest BCUT2D eigenvalue weighted by molar-refractivity contribution is -0.142. The average molecular weight is 371 g/mol. The molecule has 146 valence electrons. The zero-order valence-electron chi connectivity index (χ0n) is 16.3. The summed E-state index contributed by atoms with van der Waals surface area (Å²) < 4.78 is 10.8. The first-order chi connectivity index (χ1) is 13.0. The van der Waals surface area contributed by atoms with Crippen molar-refractivity contribution in [3.63, 3.8) is 0 Å². The van der Waals surface area contributed by atoms with E-state index in [1.165, 1.54) is 0 Å². The molecule has 2 aromatic carbocycles. The highest BCUT2D eigenvalue weighted by Crippen LogP contribution is 2.25. The molecule has 0 spiro atoms. The van der Waals surface area contributed by atoms with Crippen molar-refractivity contribution in [3.05, 3.63) is 54.7 Å². The molecule has 0 fully saturated rings. The Bertz CT molecular complexity index is 752. The average Bonchev–Trinajstić information content (AvgIpc) is 2.65. The largest absolute Gasteiger partial charge is 0.490 e. The fourth-order valence-electron chi connectivity index (χ4n) is 2.75. The minimum atomic E-state index is -0.654. The van der Waals surface area contributed by atoms with Crippen LogP contribution in [-0.2, 0) is 9.53 Å². The smallest absolute Gasteiger partial charge is 0.309 e. The van der Waals surface area contributed by atoms with Crippen molar-refractivity contribution in [2.45, 2.75) is 39.3 Å². The zero-order valence-corrected chi connectivity index (χ0v) is 16.3. The number of rotatable bonds is 10. The molecule has 5 nitrogen and oxygen atoms in total. The van der Waals surface area contributed by atoms with Crippen molar-refractivity contribution < 1.29 is 19.4 Å². The van der Waals surface area contributed by atoms with Gasteiger partial charge in [0, 0.05) is 18.0 Å². The molecule has 5 heteroatoms. The van der Waals surface area contributed by atoms with Crippen molar-refractivity contribution >= 4 is 16.7 Å². The minimum absolute atomic E-state index is 0.190. The second-order valence-electron chi connectivity index (χ2n) is 6.63. The first kappa shape index (κ1) is 20.8. The Morgan fingerprint density at radius 1 is 1.19 bits per heavy atom. The lowest BCUT2D eigenvalue weighted by Crippen LogP contribution is -2.36. The van der Waals surface area contributed by atoms with Gasteiger partial charge in [0.15, 0.2) is 0 Å². The van der Waals surface area contributed by atoms with E-state index in [1.54, 1.807) is 13.0 Å². The van der Waals surface area contributed by atoms with Gasteiger partial charge in [0.25, 0.3) is 0 Å². The number of hydrogen-bond donors (Lipinski definition) is 1. The quantitative estimate of drug-likeness (QED) is 0.645. The summed E-state index contributed by atoms with van der Waals surface area (Å²) in [6, 6.07) is 14.1.